The van der Waals surface area contributed by atoms with Gasteiger partial charge >= 0.3 is 0 Å². The molecule has 0 radical (unpaired) electrons. The number of nitrogens with zero attached hydrogens (tertiary/aromatic N) is 2. The van der Waals surface area contributed by atoms with E-state index < -0.39 is 28.5 Å². The summed E-state index contributed by atoms with van der Waals surface area (Å²) in [6.45, 7) is 5.25. The molecule has 2 unspecified atom stereocenters. The van der Waals surface area contributed by atoms with Crippen LogP contribution in [-0.2, 0) is 26.2 Å². The largest absolute Gasteiger partial charge is 0.497 e. The Morgan fingerprint density at radius 3 is 2.07 bits per heavy atom. The van der Waals surface area contributed by atoms with Gasteiger partial charge in [0.25, 0.3) is 10.0 Å². The van der Waals surface area contributed by atoms with Gasteiger partial charge in [-0.1, -0.05) is 56.3 Å². The molecule has 0 saturated heterocycles. The minimum absolute atomic E-state index is 0.0296. The number of methoxy groups -OCH3 is 2. The molecule has 1 N–H and O–H groups in total. The van der Waals surface area contributed by atoms with Crippen LogP contribution < -0.4 is 19.1 Å². The summed E-state index contributed by atoms with van der Waals surface area (Å²) in [6, 6.07) is 20.8. The summed E-state index contributed by atoms with van der Waals surface area (Å²) in [6.07, 6.45) is 1.07. The molecule has 0 saturated carbocycles. The van der Waals surface area contributed by atoms with Gasteiger partial charge in [0.05, 0.1) is 24.8 Å². The minimum Gasteiger partial charge on any atom is -0.497 e. The van der Waals surface area contributed by atoms with Gasteiger partial charge in [-0.05, 0) is 61.7 Å². The van der Waals surface area contributed by atoms with Crippen molar-refractivity contribution >= 4 is 27.5 Å². The lowest BCUT2D eigenvalue weighted by Crippen LogP contribution is -2.53. The molecular formula is C31H39N3O6S. The van der Waals surface area contributed by atoms with E-state index in [2.05, 4.69) is 5.32 Å². The molecule has 9 nitrogen and oxygen atoms in total. The van der Waals surface area contributed by atoms with Gasteiger partial charge in [0.2, 0.25) is 11.8 Å². The Morgan fingerprint density at radius 1 is 0.854 bits per heavy atom. The molecule has 0 heterocycles. The summed E-state index contributed by atoms with van der Waals surface area (Å²) in [5.74, 6) is 0.128. The van der Waals surface area contributed by atoms with E-state index in [0.717, 1.165) is 16.3 Å². The van der Waals surface area contributed by atoms with Gasteiger partial charge in [0.15, 0.2) is 0 Å². The number of benzene rings is 3. The van der Waals surface area contributed by atoms with Crippen LogP contribution in [-0.4, -0.2) is 58.0 Å². The average molecular weight is 582 g/mol. The Hall–Kier alpha value is -4.05. The number of hydrogen-bond acceptors (Lipinski definition) is 6. The predicted molar refractivity (Wildman–Crippen MR) is 159 cm³/mol. The first-order chi connectivity index (χ1) is 19.7. The van der Waals surface area contributed by atoms with Gasteiger partial charge in [-0.2, -0.15) is 0 Å². The molecule has 2 atom stereocenters. The molecule has 0 spiro atoms. The number of para-hydroxylation sites is 2. The summed E-state index contributed by atoms with van der Waals surface area (Å²) in [4.78, 5) is 29.0. The number of carbonyl (C=O) groups is 2. The zero-order valence-corrected chi connectivity index (χ0v) is 25.1. The van der Waals surface area contributed by atoms with E-state index in [-0.39, 0.29) is 29.1 Å². The fourth-order valence-electron chi connectivity index (χ4n) is 4.36. The van der Waals surface area contributed by atoms with E-state index in [4.69, 9.17) is 9.47 Å². The third kappa shape index (κ3) is 7.79. The second kappa shape index (κ2) is 14.5. The van der Waals surface area contributed by atoms with Crippen molar-refractivity contribution in [2.45, 2.75) is 57.1 Å². The number of amides is 2. The van der Waals surface area contributed by atoms with E-state index in [0.29, 0.717) is 17.9 Å². The standard InChI is InChI=1S/C31H39N3O6S/c1-6-23(3)32-31(36)27(7-2)33(21-24-17-19-25(39-4)20-18-24)30(35)22-34(28-15-11-12-16-29(28)40-5)41(37,38)26-13-9-8-10-14-26/h8-20,23,27H,6-7,21-22H2,1-5H3,(H,32,36). The third-order valence-electron chi connectivity index (χ3n) is 6.86. The maximum absolute atomic E-state index is 14.2. The number of nitrogens with one attached hydrogen (secondary N) is 1. The van der Waals surface area contributed by atoms with Crippen LogP contribution >= 0.6 is 0 Å². The van der Waals surface area contributed by atoms with Crippen LogP contribution in [0.2, 0.25) is 0 Å². The molecule has 0 fully saturated rings. The number of ether oxygens (including phenoxy) is 2. The second-order valence-electron chi connectivity index (χ2n) is 9.61. The van der Waals surface area contributed by atoms with Crippen LogP contribution in [0, 0.1) is 0 Å². The van der Waals surface area contributed by atoms with Crippen LogP contribution in [0.15, 0.2) is 83.8 Å². The first-order valence-corrected chi connectivity index (χ1v) is 15.0. The van der Waals surface area contributed by atoms with Crippen LogP contribution in [0.25, 0.3) is 0 Å². The summed E-state index contributed by atoms with van der Waals surface area (Å²) < 4.78 is 39.7. The van der Waals surface area contributed by atoms with Crippen LogP contribution in [0.4, 0.5) is 5.69 Å². The van der Waals surface area contributed by atoms with Crippen molar-refractivity contribution < 1.29 is 27.5 Å². The highest BCUT2D eigenvalue weighted by atomic mass is 32.2. The molecule has 3 rings (SSSR count). The number of hydrogen-bond donors (Lipinski definition) is 1. The number of carbonyl (C=O) groups excluding carboxylic acids is 2. The van der Waals surface area contributed by atoms with E-state index in [1.54, 1.807) is 61.7 Å². The van der Waals surface area contributed by atoms with Gasteiger partial charge in [0.1, 0.15) is 24.1 Å². The molecule has 3 aromatic rings. The molecule has 0 bridgehead atoms. The Kier molecular flexibility index (Phi) is 11.2. The van der Waals surface area contributed by atoms with E-state index in [9.17, 15) is 18.0 Å². The average Bonchev–Trinajstić information content (AvgIpc) is 3.00. The molecule has 10 heteroatoms. The smallest absolute Gasteiger partial charge is 0.264 e. The monoisotopic (exact) mass is 581 g/mol. The Labute approximate surface area is 243 Å². The SMILES string of the molecule is CCC(C)NC(=O)C(CC)N(Cc1ccc(OC)cc1)C(=O)CN(c1ccccc1OC)S(=O)(=O)c1ccccc1. The van der Waals surface area contributed by atoms with Crippen molar-refractivity contribution in [3.05, 3.63) is 84.4 Å². The van der Waals surface area contributed by atoms with E-state index >= 15 is 0 Å². The van der Waals surface area contributed by atoms with Gasteiger partial charge in [0, 0.05) is 12.6 Å². The highest BCUT2D eigenvalue weighted by Gasteiger charge is 2.34. The summed E-state index contributed by atoms with van der Waals surface area (Å²) in [5, 5.41) is 2.97. The molecule has 41 heavy (non-hydrogen) atoms. The highest BCUT2D eigenvalue weighted by Crippen LogP contribution is 2.32. The number of rotatable bonds is 14. The van der Waals surface area contributed by atoms with Crippen molar-refractivity contribution in [2.24, 2.45) is 0 Å². The van der Waals surface area contributed by atoms with Crippen molar-refractivity contribution in [1.82, 2.24) is 10.2 Å². The number of anilines is 1. The lowest BCUT2D eigenvalue weighted by atomic mass is 10.1. The summed E-state index contributed by atoms with van der Waals surface area (Å²) in [7, 11) is -1.18. The molecule has 220 valence electrons. The van der Waals surface area contributed by atoms with Gasteiger partial charge < -0.3 is 19.7 Å². The molecule has 0 aliphatic rings. The van der Waals surface area contributed by atoms with Crippen LogP contribution in [0.3, 0.4) is 0 Å². The Bertz CT molecular complexity index is 1400. The van der Waals surface area contributed by atoms with Crippen molar-refractivity contribution in [3.8, 4) is 11.5 Å². The van der Waals surface area contributed by atoms with E-state index in [1.165, 1.54) is 24.1 Å². The zero-order valence-electron chi connectivity index (χ0n) is 24.2. The number of sulfonamides is 1. The molecular weight excluding hydrogens is 542 g/mol. The van der Waals surface area contributed by atoms with Crippen LogP contribution in [0.5, 0.6) is 11.5 Å². The van der Waals surface area contributed by atoms with Crippen LogP contribution in [0.1, 0.15) is 39.2 Å². The fraction of sp³-hybridized carbons (Fsp3) is 0.355. The molecule has 2 amide bonds. The first-order valence-electron chi connectivity index (χ1n) is 13.6. The minimum atomic E-state index is -4.18. The summed E-state index contributed by atoms with van der Waals surface area (Å²) in [5.41, 5.74) is 0.984. The predicted octanol–water partition coefficient (Wildman–Crippen LogP) is 4.62. The van der Waals surface area contributed by atoms with Gasteiger partial charge in [-0.3, -0.25) is 13.9 Å². The maximum atomic E-state index is 14.2. The zero-order chi connectivity index (χ0) is 30.0. The highest BCUT2D eigenvalue weighted by molar-refractivity contribution is 7.92. The first kappa shape index (κ1) is 31.5. The van der Waals surface area contributed by atoms with E-state index in [1.807, 2.05) is 32.9 Å². The Morgan fingerprint density at radius 2 is 1.49 bits per heavy atom. The maximum Gasteiger partial charge on any atom is 0.264 e. The molecule has 0 aromatic heterocycles. The molecule has 3 aromatic carbocycles. The van der Waals surface area contributed by atoms with Crippen molar-refractivity contribution in [1.29, 1.82) is 0 Å². The molecule has 0 aliphatic heterocycles. The quantitative estimate of drug-likeness (QED) is 0.298. The lowest BCUT2D eigenvalue weighted by Gasteiger charge is -2.34. The van der Waals surface area contributed by atoms with Crippen molar-refractivity contribution in [2.75, 3.05) is 25.1 Å². The van der Waals surface area contributed by atoms with Gasteiger partial charge in [-0.25, -0.2) is 8.42 Å². The fourth-order valence-corrected chi connectivity index (χ4v) is 5.80. The molecule has 0 aliphatic carbocycles. The van der Waals surface area contributed by atoms with Crippen molar-refractivity contribution in [3.63, 3.8) is 0 Å². The van der Waals surface area contributed by atoms with Gasteiger partial charge in [-0.15, -0.1) is 0 Å². The lowest BCUT2D eigenvalue weighted by molar-refractivity contribution is -0.140. The normalized spacial score (nSPS) is 12.6. The second-order valence-corrected chi connectivity index (χ2v) is 11.5. The Balaban J connectivity index is 2.08. The third-order valence-corrected chi connectivity index (χ3v) is 8.64. The summed E-state index contributed by atoms with van der Waals surface area (Å²) >= 11 is 0. The topological polar surface area (TPSA) is 105 Å².